The first-order valence-electron chi connectivity index (χ1n) is 3.32. The van der Waals surface area contributed by atoms with Crippen molar-refractivity contribution >= 4 is 5.84 Å². The van der Waals surface area contributed by atoms with Crippen molar-refractivity contribution < 1.29 is 0 Å². The smallest absolute Gasteiger partial charge is 0.136 e. The molecule has 56 valence electrons. The first-order chi connectivity index (χ1) is 5.34. The van der Waals surface area contributed by atoms with Crippen LogP contribution in [0.25, 0.3) is 0 Å². The number of hydrogen-bond acceptors (Lipinski definition) is 1. The number of hydrogen-bond donors (Lipinski definition) is 1. The number of rotatable bonds is 2. The summed E-state index contributed by atoms with van der Waals surface area (Å²) in [6, 6.07) is 0. The average molecular weight is 146 g/mol. The topological polar surface area (TPSA) is 24.4 Å². The highest BCUT2D eigenvalue weighted by molar-refractivity contribution is 6.03. The van der Waals surface area contributed by atoms with Gasteiger partial charge in [-0.15, -0.1) is 0 Å². The van der Waals surface area contributed by atoms with Crippen molar-refractivity contribution in [2.75, 3.05) is 0 Å². The van der Waals surface area contributed by atoms with Gasteiger partial charge >= 0.3 is 0 Å². The van der Waals surface area contributed by atoms with Crippen LogP contribution in [0.4, 0.5) is 0 Å². The summed E-state index contributed by atoms with van der Waals surface area (Å²) in [6.07, 6.45) is 8.80. The first-order valence-corrected chi connectivity index (χ1v) is 3.32. The van der Waals surface area contributed by atoms with Crippen molar-refractivity contribution in [1.29, 1.82) is 0 Å². The number of nitrogens with zero attached hydrogens (tertiary/aromatic N) is 1. The quantitative estimate of drug-likeness (QED) is 0.590. The molecule has 0 amide bonds. The molecule has 1 heterocycles. The van der Waals surface area contributed by atoms with Crippen molar-refractivity contribution in [2.24, 2.45) is 4.99 Å². The number of nitrogens with one attached hydrogen (secondary N) is 1. The van der Waals surface area contributed by atoms with E-state index >= 15 is 0 Å². The summed E-state index contributed by atoms with van der Waals surface area (Å²) < 4.78 is 0. The molecule has 0 saturated heterocycles. The summed E-state index contributed by atoms with van der Waals surface area (Å²) in [7, 11) is 0. The fraction of sp³-hybridized carbons (Fsp3) is 0. The van der Waals surface area contributed by atoms with Gasteiger partial charge in [0, 0.05) is 18.0 Å². The Morgan fingerprint density at radius 3 is 2.91 bits per heavy atom. The maximum Gasteiger partial charge on any atom is 0.136 e. The minimum Gasteiger partial charge on any atom is -0.346 e. The molecule has 0 bridgehead atoms. The van der Waals surface area contributed by atoms with Crippen LogP contribution in [0.1, 0.15) is 0 Å². The fourth-order valence-electron chi connectivity index (χ4n) is 0.691. The highest BCUT2D eigenvalue weighted by atomic mass is 15.0. The van der Waals surface area contributed by atoms with E-state index in [2.05, 4.69) is 23.5 Å². The maximum atomic E-state index is 4.09. The molecule has 0 fully saturated rings. The fourth-order valence-corrected chi connectivity index (χ4v) is 0.691. The highest BCUT2D eigenvalue weighted by Crippen LogP contribution is 2.01. The van der Waals surface area contributed by atoms with Crippen molar-refractivity contribution in [3.05, 3.63) is 49.4 Å². The third-order valence-electron chi connectivity index (χ3n) is 1.23. The van der Waals surface area contributed by atoms with Gasteiger partial charge in [-0.1, -0.05) is 19.2 Å². The lowest BCUT2D eigenvalue weighted by Crippen LogP contribution is -2.11. The minimum absolute atomic E-state index is 0.795. The van der Waals surface area contributed by atoms with Crippen LogP contribution in [-0.4, -0.2) is 5.84 Å². The van der Waals surface area contributed by atoms with E-state index in [9.17, 15) is 0 Å². The monoisotopic (exact) mass is 146 g/mol. The molecule has 1 aliphatic heterocycles. The summed E-state index contributed by atoms with van der Waals surface area (Å²) in [5, 5.41) is 2.95. The Morgan fingerprint density at radius 2 is 2.36 bits per heavy atom. The van der Waals surface area contributed by atoms with E-state index in [1.165, 1.54) is 0 Å². The van der Waals surface area contributed by atoms with E-state index in [0.29, 0.717) is 0 Å². The summed E-state index contributed by atoms with van der Waals surface area (Å²) in [4.78, 5) is 4.09. The zero-order valence-corrected chi connectivity index (χ0v) is 6.25. The average Bonchev–Trinajstić information content (AvgIpc) is 2.37. The minimum atomic E-state index is 0.795. The lowest BCUT2D eigenvalue weighted by atomic mass is 10.3. The molecule has 0 spiro atoms. The van der Waals surface area contributed by atoms with Gasteiger partial charge in [0.1, 0.15) is 5.84 Å². The maximum absolute atomic E-state index is 4.09. The Kier molecular flexibility index (Phi) is 2.44. The van der Waals surface area contributed by atoms with E-state index < -0.39 is 0 Å². The zero-order chi connectivity index (χ0) is 8.10. The summed E-state index contributed by atoms with van der Waals surface area (Å²) in [5.41, 5.74) is 0.902. The van der Waals surface area contributed by atoms with Gasteiger partial charge in [-0.25, -0.2) is 4.99 Å². The Balaban J connectivity index is 2.61. The normalized spacial score (nSPS) is 19.6. The molecule has 0 aliphatic carbocycles. The van der Waals surface area contributed by atoms with Crippen LogP contribution >= 0.6 is 0 Å². The predicted octanol–water partition coefficient (Wildman–Crippen LogP) is 1.76. The Morgan fingerprint density at radius 1 is 1.55 bits per heavy atom. The van der Waals surface area contributed by atoms with Gasteiger partial charge < -0.3 is 5.32 Å². The molecule has 2 heteroatoms. The molecule has 0 radical (unpaired) electrons. The molecule has 0 aromatic heterocycles. The van der Waals surface area contributed by atoms with Gasteiger partial charge in [0.2, 0.25) is 0 Å². The molecule has 0 unspecified atom stereocenters. The first kappa shape index (κ1) is 7.54. The lowest BCUT2D eigenvalue weighted by Gasteiger charge is -1.93. The molecule has 11 heavy (non-hydrogen) atoms. The van der Waals surface area contributed by atoms with Crippen LogP contribution in [0.3, 0.4) is 0 Å². The zero-order valence-electron chi connectivity index (χ0n) is 6.25. The highest BCUT2D eigenvalue weighted by Gasteiger charge is 2.02. The molecule has 1 aliphatic rings. The second-order valence-electron chi connectivity index (χ2n) is 2.06. The summed E-state index contributed by atoms with van der Waals surface area (Å²) in [5.74, 6) is 0.795. The van der Waals surface area contributed by atoms with Crippen molar-refractivity contribution in [3.63, 3.8) is 0 Å². The van der Waals surface area contributed by atoms with Crippen LogP contribution in [0.5, 0.6) is 0 Å². The van der Waals surface area contributed by atoms with E-state index in [1.807, 2.05) is 12.3 Å². The molecular formula is C9H10N2. The van der Waals surface area contributed by atoms with Gasteiger partial charge in [-0.05, 0) is 12.2 Å². The Bertz CT molecular complexity index is 257. The molecular weight excluding hydrogens is 136 g/mol. The standard InChI is InChI=1S/C9H10N2/c1-3-4-6-10-9-8(2)5-7-11-9/h3-7H,1-2H2,(H,10,11)/b6-4-. The molecule has 0 aromatic rings. The molecule has 1 N–H and O–H groups in total. The van der Waals surface area contributed by atoms with Gasteiger partial charge in [0.15, 0.2) is 0 Å². The number of amidine groups is 1. The van der Waals surface area contributed by atoms with E-state index in [0.717, 1.165) is 11.4 Å². The third-order valence-corrected chi connectivity index (χ3v) is 1.23. The van der Waals surface area contributed by atoms with Crippen LogP contribution < -0.4 is 5.32 Å². The predicted molar refractivity (Wildman–Crippen MR) is 48.2 cm³/mol. The summed E-state index contributed by atoms with van der Waals surface area (Å²) in [6.45, 7) is 7.30. The van der Waals surface area contributed by atoms with E-state index in [1.54, 1.807) is 18.4 Å². The number of aliphatic imine (C=N–C) groups is 1. The van der Waals surface area contributed by atoms with Crippen molar-refractivity contribution in [3.8, 4) is 0 Å². The molecule has 0 saturated carbocycles. The summed E-state index contributed by atoms with van der Waals surface area (Å²) >= 11 is 0. The molecule has 0 atom stereocenters. The van der Waals surface area contributed by atoms with Crippen LogP contribution in [-0.2, 0) is 0 Å². The SMILES string of the molecule is C=C/C=C\N=C1NC=CC1=C. The lowest BCUT2D eigenvalue weighted by molar-refractivity contribution is 1.30. The van der Waals surface area contributed by atoms with Crippen LogP contribution in [0.15, 0.2) is 54.4 Å². The van der Waals surface area contributed by atoms with Gasteiger partial charge in [0.25, 0.3) is 0 Å². The Labute approximate surface area is 66.3 Å². The van der Waals surface area contributed by atoms with Crippen molar-refractivity contribution in [1.82, 2.24) is 5.32 Å². The second-order valence-corrected chi connectivity index (χ2v) is 2.06. The van der Waals surface area contributed by atoms with Crippen LogP contribution in [0, 0.1) is 0 Å². The number of allylic oxidation sites excluding steroid dienone is 2. The third kappa shape index (κ3) is 1.93. The van der Waals surface area contributed by atoms with Crippen molar-refractivity contribution in [2.45, 2.75) is 0 Å². The molecule has 0 aromatic carbocycles. The van der Waals surface area contributed by atoms with E-state index in [4.69, 9.17) is 0 Å². The van der Waals surface area contributed by atoms with Gasteiger partial charge in [-0.2, -0.15) is 0 Å². The molecule has 1 rings (SSSR count). The Hall–Kier alpha value is -1.57. The van der Waals surface area contributed by atoms with Gasteiger partial charge in [-0.3, -0.25) is 0 Å². The van der Waals surface area contributed by atoms with Crippen LogP contribution in [0.2, 0.25) is 0 Å². The molecule has 2 nitrogen and oxygen atoms in total. The largest absolute Gasteiger partial charge is 0.346 e. The van der Waals surface area contributed by atoms with E-state index in [-0.39, 0.29) is 0 Å². The second kappa shape index (κ2) is 3.56. The van der Waals surface area contributed by atoms with Gasteiger partial charge in [0.05, 0.1) is 0 Å².